The fourth-order valence-electron chi connectivity index (χ4n) is 3.59. The maximum absolute atomic E-state index is 11.3. The normalized spacial score (nSPS) is 34.5. The van der Waals surface area contributed by atoms with E-state index in [1.807, 2.05) is 7.05 Å². The second-order valence-corrected chi connectivity index (χ2v) is 5.22. The molecule has 0 aromatic carbocycles. The van der Waals surface area contributed by atoms with Gasteiger partial charge >= 0.3 is 5.97 Å². The molecule has 0 radical (unpaired) electrons. The van der Waals surface area contributed by atoms with Gasteiger partial charge in [0.2, 0.25) is 0 Å². The first-order valence-corrected chi connectivity index (χ1v) is 6.08. The molecule has 2 unspecified atom stereocenters. The number of nitrogens with one attached hydrogen (secondary N) is 1. The zero-order chi connectivity index (χ0) is 10.9. The Bertz CT molecular complexity index is 246. The Balaban J connectivity index is 2.13. The van der Waals surface area contributed by atoms with Crippen molar-refractivity contribution in [3.8, 4) is 0 Å². The van der Waals surface area contributed by atoms with E-state index >= 15 is 0 Å². The third kappa shape index (κ3) is 1.89. The van der Waals surface area contributed by atoms with Gasteiger partial charge in [0.05, 0.1) is 5.92 Å². The lowest BCUT2D eigenvalue weighted by molar-refractivity contribution is -0.149. The third-order valence-corrected chi connectivity index (χ3v) is 4.56. The molecule has 0 aromatic heterocycles. The minimum Gasteiger partial charge on any atom is -0.481 e. The summed E-state index contributed by atoms with van der Waals surface area (Å²) in [7, 11) is 1.94. The minimum atomic E-state index is -0.572. The van der Waals surface area contributed by atoms with Gasteiger partial charge in [0, 0.05) is 6.04 Å². The summed E-state index contributed by atoms with van der Waals surface area (Å²) in [6.07, 6.45) is 7.82. The Morgan fingerprint density at radius 3 is 2.53 bits per heavy atom. The van der Waals surface area contributed by atoms with Crippen molar-refractivity contribution < 1.29 is 9.90 Å². The fraction of sp³-hybridized carbons (Fsp3) is 0.917. The Morgan fingerprint density at radius 1 is 1.33 bits per heavy atom. The summed E-state index contributed by atoms with van der Waals surface area (Å²) in [5, 5.41) is 12.6. The van der Waals surface area contributed by atoms with Crippen molar-refractivity contribution >= 4 is 5.97 Å². The van der Waals surface area contributed by atoms with E-state index in [2.05, 4.69) is 5.32 Å². The standard InChI is InChI=1S/C12H21NO2/c1-13-9-4-7-12(5-2-3-6-12)10(8-9)11(14)15/h9-10,13H,2-8H2,1H3,(H,14,15). The van der Waals surface area contributed by atoms with Gasteiger partial charge in [0.25, 0.3) is 0 Å². The van der Waals surface area contributed by atoms with Crippen LogP contribution in [0.2, 0.25) is 0 Å². The van der Waals surface area contributed by atoms with Crippen molar-refractivity contribution in [3.05, 3.63) is 0 Å². The lowest BCUT2D eigenvalue weighted by Gasteiger charge is -2.42. The van der Waals surface area contributed by atoms with E-state index in [0.717, 1.165) is 32.1 Å². The molecule has 0 bridgehead atoms. The number of rotatable bonds is 2. The first-order chi connectivity index (χ1) is 7.18. The molecule has 0 amide bonds. The molecular weight excluding hydrogens is 190 g/mol. The van der Waals surface area contributed by atoms with E-state index in [4.69, 9.17) is 0 Å². The van der Waals surface area contributed by atoms with E-state index in [-0.39, 0.29) is 11.3 Å². The Morgan fingerprint density at radius 2 is 2.00 bits per heavy atom. The van der Waals surface area contributed by atoms with Crippen molar-refractivity contribution in [2.24, 2.45) is 11.3 Å². The van der Waals surface area contributed by atoms with Crippen molar-refractivity contribution in [3.63, 3.8) is 0 Å². The number of carboxylic acids is 1. The highest BCUT2D eigenvalue weighted by Crippen LogP contribution is 2.52. The maximum atomic E-state index is 11.3. The van der Waals surface area contributed by atoms with E-state index in [9.17, 15) is 9.90 Å². The molecule has 86 valence electrons. The largest absolute Gasteiger partial charge is 0.481 e. The van der Waals surface area contributed by atoms with Gasteiger partial charge in [0.1, 0.15) is 0 Å². The van der Waals surface area contributed by atoms with Crippen LogP contribution in [0.25, 0.3) is 0 Å². The molecule has 0 aliphatic heterocycles. The van der Waals surface area contributed by atoms with Gasteiger partial charge in [-0.3, -0.25) is 4.79 Å². The van der Waals surface area contributed by atoms with Gasteiger partial charge in [-0.2, -0.15) is 0 Å². The molecule has 2 atom stereocenters. The molecule has 2 N–H and O–H groups in total. The Hall–Kier alpha value is -0.570. The summed E-state index contributed by atoms with van der Waals surface area (Å²) < 4.78 is 0. The second-order valence-electron chi connectivity index (χ2n) is 5.22. The highest BCUT2D eigenvalue weighted by atomic mass is 16.4. The fourth-order valence-corrected chi connectivity index (χ4v) is 3.59. The molecule has 2 aliphatic carbocycles. The van der Waals surface area contributed by atoms with E-state index < -0.39 is 5.97 Å². The molecule has 0 saturated heterocycles. The van der Waals surface area contributed by atoms with E-state index in [1.54, 1.807) is 0 Å². The maximum Gasteiger partial charge on any atom is 0.307 e. The lowest BCUT2D eigenvalue weighted by Crippen LogP contribution is -2.44. The molecule has 2 saturated carbocycles. The molecule has 2 fully saturated rings. The quantitative estimate of drug-likeness (QED) is 0.734. The smallest absolute Gasteiger partial charge is 0.307 e. The summed E-state index contributed by atoms with van der Waals surface area (Å²) in [4.78, 5) is 11.3. The predicted octanol–water partition coefficient (Wildman–Crippen LogP) is 2.02. The van der Waals surface area contributed by atoms with Crippen LogP contribution in [0.1, 0.15) is 44.9 Å². The number of aliphatic carboxylic acids is 1. The minimum absolute atomic E-state index is 0.105. The van der Waals surface area contributed by atoms with Gasteiger partial charge in [-0.1, -0.05) is 12.8 Å². The number of hydrogen-bond donors (Lipinski definition) is 2. The van der Waals surface area contributed by atoms with Gasteiger partial charge in [-0.25, -0.2) is 0 Å². The van der Waals surface area contributed by atoms with Crippen molar-refractivity contribution in [1.82, 2.24) is 5.32 Å². The summed E-state index contributed by atoms with van der Waals surface area (Å²) in [5.74, 6) is -0.678. The Kier molecular flexibility index (Phi) is 3.01. The first-order valence-electron chi connectivity index (χ1n) is 6.08. The monoisotopic (exact) mass is 211 g/mol. The third-order valence-electron chi connectivity index (χ3n) is 4.56. The molecule has 0 heterocycles. The van der Waals surface area contributed by atoms with Crippen molar-refractivity contribution in [1.29, 1.82) is 0 Å². The SMILES string of the molecule is CNC1CCC2(CCCC2)C(C(=O)O)C1. The average Bonchev–Trinajstić information content (AvgIpc) is 2.68. The van der Waals surface area contributed by atoms with Crippen LogP contribution >= 0.6 is 0 Å². The molecule has 3 nitrogen and oxygen atoms in total. The highest BCUT2D eigenvalue weighted by molar-refractivity contribution is 5.71. The van der Waals surface area contributed by atoms with E-state index in [0.29, 0.717) is 6.04 Å². The van der Waals surface area contributed by atoms with Crippen LogP contribution in [0.15, 0.2) is 0 Å². The van der Waals surface area contributed by atoms with Gasteiger partial charge in [-0.05, 0) is 44.6 Å². The van der Waals surface area contributed by atoms with Crippen LogP contribution < -0.4 is 5.32 Å². The second kappa shape index (κ2) is 4.12. The molecular formula is C12H21NO2. The molecule has 2 aliphatic rings. The van der Waals surface area contributed by atoms with Crippen molar-refractivity contribution in [2.75, 3.05) is 7.05 Å². The summed E-state index contributed by atoms with van der Waals surface area (Å²) in [6, 6.07) is 0.414. The van der Waals surface area contributed by atoms with Crippen LogP contribution in [0.4, 0.5) is 0 Å². The number of carbonyl (C=O) groups is 1. The van der Waals surface area contributed by atoms with Crippen LogP contribution in [0, 0.1) is 11.3 Å². The lowest BCUT2D eigenvalue weighted by atomic mass is 9.64. The topological polar surface area (TPSA) is 49.3 Å². The first kappa shape index (κ1) is 10.9. The molecule has 3 heteroatoms. The van der Waals surface area contributed by atoms with Gasteiger partial charge in [-0.15, -0.1) is 0 Å². The van der Waals surface area contributed by atoms with Crippen molar-refractivity contribution in [2.45, 2.75) is 51.0 Å². The van der Waals surface area contributed by atoms with Gasteiger partial charge in [0.15, 0.2) is 0 Å². The number of carboxylic acid groups (broad SMARTS) is 1. The van der Waals surface area contributed by atoms with E-state index in [1.165, 1.54) is 12.8 Å². The van der Waals surface area contributed by atoms with Crippen LogP contribution in [0.5, 0.6) is 0 Å². The summed E-state index contributed by atoms with van der Waals surface area (Å²) in [5.41, 5.74) is 0.152. The van der Waals surface area contributed by atoms with Crippen LogP contribution in [-0.4, -0.2) is 24.2 Å². The molecule has 1 spiro atoms. The Labute approximate surface area is 91.2 Å². The zero-order valence-electron chi connectivity index (χ0n) is 9.46. The average molecular weight is 211 g/mol. The zero-order valence-corrected chi connectivity index (χ0v) is 9.46. The summed E-state index contributed by atoms with van der Waals surface area (Å²) in [6.45, 7) is 0. The molecule has 2 rings (SSSR count). The van der Waals surface area contributed by atoms with Crippen LogP contribution in [-0.2, 0) is 4.79 Å². The molecule has 15 heavy (non-hydrogen) atoms. The summed E-state index contributed by atoms with van der Waals surface area (Å²) >= 11 is 0. The van der Waals surface area contributed by atoms with Gasteiger partial charge < -0.3 is 10.4 Å². The number of hydrogen-bond acceptors (Lipinski definition) is 2. The molecule has 0 aromatic rings. The predicted molar refractivity (Wildman–Crippen MR) is 58.7 cm³/mol. The highest BCUT2D eigenvalue weighted by Gasteiger charge is 2.48. The van der Waals surface area contributed by atoms with Crippen LogP contribution in [0.3, 0.4) is 0 Å².